The highest BCUT2D eigenvalue weighted by Crippen LogP contribution is 2.22. The molecular formula is C18H27N3O4. The summed E-state index contributed by atoms with van der Waals surface area (Å²) in [7, 11) is 0. The minimum Gasteiger partial charge on any atom is -0.494 e. The van der Waals surface area contributed by atoms with Crippen LogP contribution in [0.4, 0.5) is 0 Å². The molecule has 25 heavy (non-hydrogen) atoms. The van der Waals surface area contributed by atoms with E-state index >= 15 is 0 Å². The van der Waals surface area contributed by atoms with Crippen molar-refractivity contribution in [2.75, 3.05) is 32.8 Å². The maximum atomic E-state index is 11.7. The molecule has 0 unspecified atom stereocenters. The lowest BCUT2D eigenvalue weighted by molar-refractivity contribution is -0.130. The fourth-order valence-corrected chi connectivity index (χ4v) is 3.10. The van der Waals surface area contributed by atoms with Crippen LogP contribution in [0.1, 0.15) is 25.0 Å². The van der Waals surface area contributed by atoms with Crippen molar-refractivity contribution < 1.29 is 19.4 Å². The fourth-order valence-electron chi connectivity index (χ4n) is 3.10. The van der Waals surface area contributed by atoms with E-state index in [1.54, 1.807) is 4.90 Å². The zero-order valence-corrected chi connectivity index (χ0v) is 14.9. The minimum absolute atomic E-state index is 0.0447. The highest BCUT2D eigenvalue weighted by molar-refractivity contribution is 5.79. The number of aliphatic hydroxyl groups is 1. The molecule has 1 saturated heterocycles. The number of carbonyl (C=O) groups is 2. The molecule has 1 aromatic rings. The van der Waals surface area contributed by atoms with E-state index in [4.69, 9.17) is 10.5 Å². The highest BCUT2D eigenvalue weighted by atomic mass is 16.5. The van der Waals surface area contributed by atoms with Gasteiger partial charge in [0, 0.05) is 45.2 Å². The number of hydrogen-bond acceptors (Lipinski definition) is 5. The summed E-state index contributed by atoms with van der Waals surface area (Å²) < 4.78 is 5.50. The molecule has 1 aliphatic heterocycles. The van der Waals surface area contributed by atoms with Gasteiger partial charge in [-0.2, -0.15) is 0 Å². The van der Waals surface area contributed by atoms with Gasteiger partial charge in [0.1, 0.15) is 5.75 Å². The van der Waals surface area contributed by atoms with E-state index < -0.39 is 0 Å². The number of hydrogen-bond donors (Lipinski definition) is 2. The third-order valence-electron chi connectivity index (χ3n) is 4.45. The average molecular weight is 349 g/mol. The average Bonchev–Trinajstić information content (AvgIpc) is 2.79. The van der Waals surface area contributed by atoms with E-state index in [1.807, 2.05) is 25.1 Å². The van der Waals surface area contributed by atoms with Gasteiger partial charge in [-0.05, 0) is 24.6 Å². The number of benzene rings is 1. The lowest BCUT2D eigenvalue weighted by Crippen LogP contribution is -2.39. The fraction of sp³-hybridized carbons (Fsp3) is 0.556. The van der Waals surface area contributed by atoms with Crippen LogP contribution in [0, 0.1) is 5.92 Å². The van der Waals surface area contributed by atoms with Gasteiger partial charge >= 0.3 is 0 Å². The van der Waals surface area contributed by atoms with Gasteiger partial charge in [-0.15, -0.1) is 0 Å². The van der Waals surface area contributed by atoms with E-state index in [0.29, 0.717) is 45.1 Å². The SMILES string of the molecule is CCOc1ccc(CN2CCN(C(C)=O)C[C@H](C(N)=O)C2)cc1CO. The molecule has 0 aromatic heterocycles. The standard InChI is InChI=1S/C18H27N3O4/c1-3-25-17-5-4-14(8-15(17)12-22)9-20-6-7-21(13(2)23)11-16(10-20)18(19)24/h4-5,8,16,22H,3,6-7,9-12H2,1-2H3,(H2,19,24)/t16-/m1/s1. The predicted molar refractivity (Wildman–Crippen MR) is 93.7 cm³/mol. The van der Waals surface area contributed by atoms with Crippen LogP contribution in [-0.2, 0) is 22.7 Å². The Kier molecular flexibility index (Phi) is 6.78. The number of ether oxygens (including phenoxy) is 1. The number of nitrogens with zero attached hydrogens (tertiary/aromatic N) is 2. The van der Waals surface area contributed by atoms with Gasteiger partial charge in [-0.25, -0.2) is 0 Å². The van der Waals surface area contributed by atoms with Gasteiger partial charge < -0.3 is 20.5 Å². The Labute approximate surface area is 148 Å². The second kappa shape index (κ2) is 8.82. The molecule has 0 saturated carbocycles. The number of primary amides is 1. The molecule has 0 aliphatic carbocycles. The number of carbonyl (C=O) groups excluding carboxylic acids is 2. The van der Waals surface area contributed by atoms with E-state index in [-0.39, 0.29) is 24.3 Å². The molecular weight excluding hydrogens is 322 g/mol. The lowest BCUT2D eigenvalue weighted by atomic mass is 10.1. The summed E-state index contributed by atoms with van der Waals surface area (Å²) >= 11 is 0. The molecule has 7 heteroatoms. The van der Waals surface area contributed by atoms with Crippen molar-refractivity contribution in [2.24, 2.45) is 11.7 Å². The summed E-state index contributed by atoms with van der Waals surface area (Å²) in [5.74, 6) is -0.133. The van der Waals surface area contributed by atoms with Crippen molar-refractivity contribution in [3.8, 4) is 5.75 Å². The topological polar surface area (TPSA) is 96.1 Å². The Bertz CT molecular complexity index is 620. The highest BCUT2D eigenvalue weighted by Gasteiger charge is 2.27. The van der Waals surface area contributed by atoms with Gasteiger partial charge in [0.25, 0.3) is 0 Å². The van der Waals surface area contributed by atoms with Crippen LogP contribution in [0.3, 0.4) is 0 Å². The molecule has 2 rings (SSSR count). The second-order valence-electron chi connectivity index (χ2n) is 6.33. The molecule has 0 spiro atoms. The largest absolute Gasteiger partial charge is 0.494 e. The summed E-state index contributed by atoms with van der Waals surface area (Å²) in [6, 6.07) is 5.73. The van der Waals surface area contributed by atoms with Gasteiger partial charge in [0.15, 0.2) is 0 Å². The Morgan fingerprint density at radius 2 is 2.08 bits per heavy atom. The third-order valence-corrected chi connectivity index (χ3v) is 4.45. The monoisotopic (exact) mass is 349 g/mol. The zero-order chi connectivity index (χ0) is 18.4. The number of aliphatic hydroxyl groups excluding tert-OH is 1. The summed E-state index contributed by atoms with van der Waals surface area (Å²) in [5.41, 5.74) is 7.26. The van der Waals surface area contributed by atoms with Gasteiger partial charge in [-0.3, -0.25) is 14.5 Å². The van der Waals surface area contributed by atoms with Crippen LogP contribution in [-0.4, -0.2) is 59.5 Å². The van der Waals surface area contributed by atoms with E-state index in [2.05, 4.69) is 4.90 Å². The zero-order valence-electron chi connectivity index (χ0n) is 14.9. The number of nitrogens with two attached hydrogens (primary N) is 1. The molecule has 1 aliphatic rings. The van der Waals surface area contributed by atoms with Crippen LogP contribution < -0.4 is 10.5 Å². The van der Waals surface area contributed by atoms with E-state index in [1.165, 1.54) is 6.92 Å². The van der Waals surface area contributed by atoms with Crippen molar-refractivity contribution in [3.63, 3.8) is 0 Å². The Morgan fingerprint density at radius 1 is 1.32 bits per heavy atom. The second-order valence-corrected chi connectivity index (χ2v) is 6.33. The summed E-state index contributed by atoms with van der Waals surface area (Å²) in [6.07, 6.45) is 0. The predicted octanol–water partition coefficient (Wildman–Crippen LogP) is 0.343. The molecule has 7 nitrogen and oxygen atoms in total. The van der Waals surface area contributed by atoms with Crippen molar-refractivity contribution in [3.05, 3.63) is 29.3 Å². The van der Waals surface area contributed by atoms with Crippen LogP contribution in [0.15, 0.2) is 18.2 Å². The maximum Gasteiger partial charge on any atom is 0.223 e. The summed E-state index contributed by atoms with van der Waals surface area (Å²) in [4.78, 5) is 27.2. The van der Waals surface area contributed by atoms with Crippen LogP contribution >= 0.6 is 0 Å². The normalized spacial score (nSPS) is 18.7. The third kappa shape index (κ3) is 5.17. The minimum atomic E-state index is -0.388. The van der Waals surface area contributed by atoms with Crippen molar-refractivity contribution >= 4 is 11.8 Å². The van der Waals surface area contributed by atoms with E-state index in [0.717, 1.165) is 11.1 Å². The molecule has 0 radical (unpaired) electrons. The first-order valence-corrected chi connectivity index (χ1v) is 8.57. The Morgan fingerprint density at radius 3 is 2.68 bits per heavy atom. The first kappa shape index (κ1) is 19.2. The van der Waals surface area contributed by atoms with Crippen LogP contribution in [0.25, 0.3) is 0 Å². The van der Waals surface area contributed by atoms with Gasteiger partial charge in [0.05, 0.1) is 19.1 Å². The van der Waals surface area contributed by atoms with Gasteiger partial charge in [-0.1, -0.05) is 6.07 Å². The first-order valence-electron chi connectivity index (χ1n) is 8.57. The van der Waals surface area contributed by atoms with Gasteiger partial charge in [0.2, 0.25) is 11.8 Å². The number of amides is 2. The molecule has 0 bridgehead atoms. The maximum absolute atomic E-state index is 11.7. The molecule has 1 aromatic carbocycles. The molecule has 2 amide bonds. The summed E-state index contributed by atoms with van der Waals surface area (Å²) in [5, 5.41) is 9.53. The lowest BCUT2D eigenvalue weighted by Gasteiger charge is -2.22. The quantitative estimate of drug-likeness (QED) is 0.772. The molecule has 1 atom stereocenters. The molecule has 1 fully saturated rings. The Hall–Kier alpha value is -2.12. The van der Waals surface area contributed by atoms with Crippen LogP contribution in [0.2, 0.25) is 0 Å². The van der Waals surface area contributed by atoms with Crippen molar-refractivity contribution in [1.29, 1.82) is 0 Å². The summed E-state index contributed by atoms with van der Waals surface area (Å²) in [6.45, 7) is 6.60. The van der Waals surface area contributed by atoms with Crippen molar-refractivity contribution in [1.82, 2.24) is 9.80 Å². The van der Waals surface area contributed by atoms with Crippen LogP contribution in [0.5, 0.6) is 5.75 Å². The molecule has 1 heterocycles. The molecule has 3 N–H and O–H groups in total. The first-order chi connectivity index (χ1) is 11.9. The molecule has 138 valence electrons. The van der Waals surface area contributed by atoms with Crippen molar-refractivity contribution in [2.45, 2.75) is 27.0 Å². The Balaban J connectivity index is 2.12. The smallest absolute Gasteiger partial charge is 0.223 e. The van der Waals surface area contributed by atoms with E-state index in [9.17, 15) is 14.7 Å². The number of rotatable bonds is 6.